The summed E-state index contributed by atoms with van der Waals surface area (Å²) in [6, 6.07) is 12.0. The molecule has 2 aromatic carbocycles. The normalized spacial score (nSPS) is 16.7. The average Bonchev–Trinajstić information content (AvgIpc) is 2.67. The molecule has 0 aliphatic carbocycles. The molecule has 0 aromatic heterocycles. The van der Waals surface area contributed by atoms with Gasteiger partial charge in [0.05, 0.1) is 28.0 Å². The van der Waals surface area contributed by atoms with Crippen LogP contribution in [0, 0.1) is 0 Å². The fourth-order valence-corrected chi connectivity index (χ4v) is 3.56. The van der Waals surface area contributed by atoms with E-state index < -0.39 is 23.7 Å². The third-order valence-corrected chi connectivity index (χ3v) is 5.24. The number of rotatable bonds is 4. The average molecular weight is 412 g/mol. The summed E-state index contributed by atoms with van der Waals surface area (Å²) in [5.41, 5.74) is -0.124. The minimum atomic E-state index is -4.52. The largest absolute Gasteiger partial charge is 0.418 e. The Morgan fingerprint density at radius 2 is 1.64 bits per heavy atom. The molecule has 1 atom stereocenters. The number of piperazine rings is 1. The molecule has 8 heteroatoms. The molecule has 0 unspecified atom stereocenters. The summed E-state index contributed by atoms with van der Waals surface area (Å²) in [5.74, 6) is -0.456. The molecule has 0 saturated carbocycles. The van der Waals surface area contributed by atoms with E-state index in [9.17, 15) is 18.0 Å². The molecule has 1 heterocycles. The molecule has 1 aliphatic heterocycles. The molecule has 1 fully saturated rings. The quantitative estimate of drug-likeness (QED) is 0.804. The van der Waals surface area contributed by atoms with Crippen molar-refractivity contribution in [2.24, 2.45) is 0 Å². The van der Waals surface area contributed by atoms with E-state index in [-0.39, 0.29) is 5.69 Å². The smallest absolute Gasteiger partial charge is 0.368 e. The van der Waals surface area contributed by atoms with Crippen LogP contribution in [0.3, 0.4) is 0 Å². The van der Waals surface area contributed by atoms with Gasteiger partial charge in [0.15, 0.2) is 0 Å². The lowest BCUT2D eigenvalue weighted by atomic mass is 10.1. The van der Waals surface area contributed by atoms with E-state index in [1.54, 1.807) is 6.92 Å². The highest BCUT2D eigenvalue weighted by Crippen LogP contribution is 2.34. The molecule has 0 bridgehead atoms. The minimum Gasteiger partial charge on any atom is -0.368 e. The van der Waals surface area contributed by atoms with Crippen LogP contribution in [-0.4, -0.2) is 43.0 Å². The summed E-state index contributed by atoms with van der Waals surface area (Å²) in [5, 5.41) is 3.10. The zero-order valence-electron chi connectivity index (χ0n) is 15.3. The van der Waals surface area contributed by atoms with Gasteiger partial charge in [-0.3, -0.25) is 9.69 Å². The van der Waals surface area contributed by atoms with Crippen molar-refractivity contribution in [1.29, 1.82) is 0 Å². The molecule has 1 amide bonds. The molecular formula is C20H21ClF3N3O. The Balaban J connectivity index is 1.62. The van der Waals surface area contributed by atoms with Crippen LogP contribution in [0.25, 0.3) is 0 Å². The second kappa shape index (κ2) is 8.41. The maximum Gasteiger partial charge on any atom is 0.418 e. The molecule has 1 N–H and O–H groups in total. The van der Waals surface area contributed by atoms with Crippen LogP contribution in [0.1, 0.15) is 12.5 Å². The maximum atomic E-state index is 13.1. The van der Waals surface area contributed by atoms with Gasteiger partial charge in [-0.1, -0.05) is 35.9 Å². The monoisotopic (exact) mass is 411 g/mol. The Labute approximate surface area is 166 Å². The number of carbonyl (C=O) groups is 1. The second-order valence-electron chi connectivity index (χ2n) is 6.68. The number of alkyl halides is 3. The Bertz CT molecular complexity index is 835. The third-order valence-electron chi connectivity index (χ3n) is 4.92. The first kappa shape index (κ1) is 20.5. The Hall–Kier alpha value is -2.25. The first-order valence-corrected chi connectivity index (χ1v) is 9.36. The molecule has 3 rings (SSSR count). The zero-order valence-corrected chi connectivity index (χ0v) is 16.1. The summed E-state index contributed by atoms with van der Waals surface area (Å²) in [6.45, 7) is 4.29. The standard InChI is InChI=1S/C20H21ClF3N3O/c1-14(19(28)25-17-8-4-2-6-15(17)20(22,23)24)26-10-12-27(13-11-26)18-9-5-3-7-16(18)21/h2-9,14H,10-13H2,1H3,(H,25,28)/t14-/m0/s1. The summed E-state index contributed by atoms with van der Waals surface area (Å²) in [4.78, 5) is 16.6. The number of benzene rings is 2. The molecule has 2 aromatic rings. The van der Waals surface area contributed by atoms with Crippen LogP contribution in [0.15, 0.2) is 48.5 Å². The van der Waals surface area contributed by atoms with Crippen LogP contribution in [0.4, 0.5) is 24.5 Å². The first-order chi connectivity index (χ1) is 13.3. The molecule has 150 valence electrons. The fourth-order valence-electron chi connectivity index (χ4n) is 3.30. The number of amides is 1. The van der Waals surface area contributed by atoms with Gasteiger partial charge in [-0.25, -0.2) is 0 Å². The summed E-state index contributed by atoms with van der Waals surface area (Å²) in [6.07, 6.45) is -4.52. The van der Waals surface area contributed by atoms with E-state index in [1.165, 1.54) is 18.2 Å². The van der Waals surface area contributed by atoms with Crippen molar-refractivity contribution >= 4 is 28.9 Å². The van der Waals surface area contributed by atoms with E-state index >= 15 is 0 Å². The second-order valence-corrected chi connectivity index (χ2v) is 7.09. The molecule has 4 nitrogen and oxygen atoms in total. The van der Waals surface area contributed by atoms with Crippen LogP contribution in [-0.2, 0) is 11.0 Å². The van der Waals surface area contributed by atoms with Crippen molar-refractivity contribution in [2.45, 2.75) is 19.1 Å². The van der Waals surface area contributed by atoms with Gasteiger partial charge in [-0.15, -0.1) is 0 Å². The van der Waals surface area contributed by atoms with Crippen molar-refractivity contribution in [2.75, 3.05) is 36.4 Å². The van der Waals surface area contributed by atoms with Crippen molar-refractivity contribution < 1.29 is 18.0 Å². The molecule has 0 spiro atoms. The van der Waals surface area contributed by atoms with E-state index in [4.69, 9.17) is 11.6 Å². The van der Waals surface area contributed by atoms with Gasteiger partial charge < -0.3 is 10.2 Å². The lowest BCUT2D eigenvalue weighted by Gasteiger charge is -2.38. The topological polar surface area (TPSA) is 35.6 Å². The van der Waals surface area contributed by atoms with E-state index in [0.717, 1.165) is 11.8 Å². The number of para-hydroxylation sites is 2. The minimum absolute atomic E-state index is 0.221. The van der Waals surface area contributed by atoms with Crippen LogP contribution in [0.2, 0.25) is 5.02 Å². The van der Waals surface area contributed by atoms with Crippen molar-refractivity contribution in [3.8, 4) is 0 Å². The van der Waals surface area contributed by atoms with Crippen molar-refractivity contribution in [1.82, 2.24) is 4.90 Å². The maximum absolute atomic E-state index is 13.1. The fraction of sp³-hybridized carbons (Fsp3) is 0.350. The number of nitrogens with one attached hydrogen (secondary N) is 1. The lowest BCUT2D eigenvalue weighted by Crippen LogP contribution is -2.53. The van der Waals surface area contributed by atoms with Gasteiger partial charge in [-0.05, 0) is 31.2 Å². The highest BCUT2D eigenvalue weighted by Gasteiger charge is 2.34. The Morgan fingerprint density at radius 3 is 2.29 bits per heavy atom. The van der Waals surface area contributed by atoms with Gasteiger partial charge in [-0.2, -0.15) is 13.2 Å². The van der Waals surface area contributed by atoms with E-state index in [0.29, 0.717) is 31.2 Å². The van der Waals surface area contributed by atoms with E-state index in [2.05, 4.69) is 10.2 Å². The number of halogens is 4. The van der Waals surface area contributed by atoms with Gasteiger partial charge >= 0.3 is 6.18 Å². The highest BCUT2D eigenvalue weighted by atomic mass is 35.5. The predicted octanol–water partition coefficient (Wildman–Crippen LogP) is 4.51. The number of anilines is 2. The number of hydrogen-bond donors (Lipinski definition) is 1. The molecular weight excluding hydrogens is 391 g/mol. The van der Waals surface area contributed by atoms with Gasteiger partial charge in [0.1, 0.15) is 0 Å². The summed E-state index contributed by atoms with van der Waals surface area (Å²) in [7, 11) is 0. The molecule has 28 heavy (non-hydrogen) atoms. The van der Waals surface area contributed by atoms with Crippen LogP contribution < -0.4 is 10.2 Å². The summed E-state index contributed by atoms with van der Waals surface area (Å²) < 4.78 is 39.3. The van der Waals surface area contributed by atoms with Crippen molar-refractivity contribution in [3.05, 3.63) is 59.1 Å². The molecule has 1 aliphatic rings. The number of nitrogens with zero attached hydrogens (tertiary/aromatic N) is 2. The van der Waals surface area contributed by atoms with E-state index in [1.807, 2.05) is 29.2 Å². The zero-order chi connectivity index (χ0) is 20.3. The first-order valence-electron chi connectivity index (χ1n) is 8.98. The summed E-state index contributed by atoms with van der Waals surface area (Å²) >= 11 is 6.24. The van der Waals surface area contributed by atoms with Crippen LogP contribution in [0.5, 0.6) is 0 Å². The van der Waals surface area contributed by atoms with Crippen molar-refractivity contribution in [3.63, 3.8) is 0 Å². The lowest BCUT2D eigenvalue weighted by molar-refractivity contribution is -0.137. The van der Waals surface area contributed by atoms with Gasteiger partial charge in [0, 0.05) is 26.2 Å². The van der Waals surface area contributed by atoms with Crippen LogP contribution >= 0.6 is 11.6 Å². The highest BCUT2D eigenvalue weighted by molar-refractivity contribution is 6.33. The predicted molar refractivity (Wildman–Crippen MR) is 105 cm³/mol. The van der Waals surface area contributed by atoms with Gasteiger partial charge in [0.25, 0.3) is 0 Å². The number of hydrogen-bond acceptors (Lipinski definition) is 3. The number of carbonyl (C=O) groups excluding carboxylic acids is 1. The molecule has 1 saturated heterocycles. The SMILES string of the molecule is C[C@@H](C(=O)Nc1ccccc1C(F)(F)F)N1CCN(c2ccccc2Cl)CC1. The third kappa shape index (κ3) is 4.59. The Morgan fingerprint density at radius 1 is 1.04 bits per heavy atom. The van der Waals surface area contributed by atoms with Gasteiger partial charge in [0.2, 0.25) is 5.91 Å². The molecule has 0 radical (unpaired) electrons. The Kier molecular flexibility index (Phi) is 6.15.